The number of nitrogens with one attached hydrogen (secondary N) is 1. The Labute approximate surface area is 116 Å². The summed E-state index contributed by atoms with van der Waals surface area (Å²) >= 11 is 2.17. The fourth-order valence-corrected chi connectivity index (χ4v) is 5.53. The second kappa shape index (κ2) is 6.15. The molecule has 0 aromatic rings. The van der Waals surface area contributed by atoms with Gasteiger partial charge < -0.3 is 5.32 Å². The van der Waals surface area contributed by atoms with Crippen molar-refractivity contribution in [1.82, 2.24) is 10.2 Å². The average molecular weight is 268 g/mol. The summed E-state index contributed by atoms with van der Waals surface area (Å²) in [7, 11) is 0. The molecule has 3 atom stereocenters. The van der Waals surface area contributed by atoms with Gasteiger partial charge >= 0.3 is 0 Å². The molecule has 104 valence electrons. The molecule has 3 heterocycles. The largest absolute Gasteiger partial charge is 0.314 e. The van der Waals surface area contributed by atoms with E-state index in [1.807, 2.05) is 0 Å². The first-order chi connectivity index (χ1) is 8.86. The van der Waals surface area contributed by atoms with Crippen LogP contribution in [0.4, 0.5) is 0 Å². The Morgan fingerprint density at radius 1 is 1.17 bits per heavy atom. The van der Waals surface area contributed by atoms with E-state index in [0.29, 0.717) is 0 Å². The second-order valence-corrected chi connectivity index (χ2v) is 7.54. The van der Waals surface area contributed by atoms with Crippen molar-refractivity contribution in [2.75, 3.05) is 24.6 Å². The van der Waals surface area contributed by atoms with Crippen molar-refractivity contribution in [2.45, 2.75) is 63.6 Å². The van der Waals surface area contributed by atoms with E-state index >= 15 is 0 Å². The van der Waals surface area contributed by atoms with Crippen LogP contribution in [0.25, 0.3) is 0 Å². The topological polar surface area (TPSA) is 15.3 Å². The molecule has 3 fully saturated rings. The quantitative estimate of drug-likeness (QED) is 0.844. The zero-order valence-corrected chi connectivity index (χ0v) is 12.6. The van der Waals surface area contributed by atoms with Crippen molar-refractivity contribution < 1.29 is 0 Å². The normalized spacial score (nSPS) is 41.2. The van der Waals surface area contributed by atoms with Crippen LogP contribution in [-0.4, -0.2) is 47.6 Å². The van der Waals surface area contributed by atoms with Gasteiger partial charge in [0.1, 0.15) is 0 Å². The molecule has 1 N–H and O–H groups in total. The summed E-state index contributed by atoms with van der Waals surface area (Å²) in [4.78, 5) is 2.91. The van der Waals surface area contributed by atoms with Gasteiger partial charge in [-0.2, -0.15) is 11.8 Å². The number of nitrogens with zero attached hydrogens (tertiary/aromatic N) is 1. The van der Waals surface area contributed by atoms with Crippen LogP contribution in [0.1, 0.15) is 45.4 Å². The van der Waals surface area contributed by atoms with E-state index in [9.17, 15) is 0 Å². The van der Waals surface area contributed by atoms with E-state index in [1.165, 1.54) is 56.6 Å². The highest BCUT2D eigenvalue weighted by atomic mass is 32.2. The molecule has 0 amide bonds. The molecule has 0 aromatic heterocycles. The summed E-state index contributed by atoms with van der Waals surface area (Å²) in [5.74, 6) is 3.83. The molecule has 3 rings (SSSR count). The predicted molar refractivity (Wildman–Crippen MR) is 80.3 cm³/mol. The standard InChI is InChI=1S/C15H28N2S/c1-2-16-13-8-14-4-3-5-15(9-13)17(14)10-12-6-7-18-11-12/h12-16H,2-11H2,1H3. The minimum Gasteiger partial charge on any atom is -0.314 e. The smallest absolute Gasteiger partial charge is 0.0113 e. The van der Waals surface area contributed by atoms with E-state index in [1.54, 1.807) is 0 Å². The fourth-order valence-electron chi connectivity index (χ4n) is 4.26. The van der Waals surface area contributed by atoms with Crippen molar-refractivity contribution in [2.24, 2.45) is 5.92 Å². The van der Waals surface area contributed by atoms with Crippen molar-refractivity contribution in [3.05, 3.63) is 0 Å². The molecule has 3 saturated heterocycles. The first-order valence-corrected chi connectivity index (χ1v) is 9.09. The Balaban J connectivity index is 1.60. The molecule has 3 aliphatic heterocycles. The number of piperidine rings is 2. The lowest BCUT2D eigenvalue weighted by molar-refractivity contribution is 0.0151. The number of thioether (sulfide) groups is 1. The lowest BCUT2D eigenvalue weighted by Crippen LogP contribution is -2.57. The Morgan fingerprint density at radius 3 is 2.56 bits per heavy atom. The van der Waals surface area contributed by atoms with Crippen molar-refractivity contribution in [3.63, 3.8) is 0 Å². The van der Waals surface area contributed by atoms with Gasteiger partial charge in [-0.25, -0.2) is 0 Å². The molecule has 3 unspecified atom stereocenters. The molecule has 3 aliphatic rings. The summed E-state index contributed by atoms with van der Waals surface area (Å²) < 4.78 is 0. The number of fused-ring (bicyclic) bond motifs is 2. The van der Waals surface area contributed by atoms with Crippen LogP contribution in [0.2, 0.25) is 0 Å². The minimum absolute atomic E-state index is 0.805. The third-order valence-corrected chi connectivity index (χ3v) is 6.34. The lowest BCUT2D eigenvalue weighted by atomic mass is 9.81. The van der Waals surface area contributed by atoms with Crippen molar-refractivity contribution >= 4 is 11.8 Å². The maximum absolute atomic E-state index is 3.70. The molecule has 2 nitrogen and oxygen atoms in total. The SMILES string of the molecule is CCNC1CC2CCCC(C1)N2CC1CCSC1. The van der Waals surface area contributed by atoms with Crippen LogP contribution in [0, 0.1) is 5.92 Å². The summed E-state index contributed by atoms with van der Waals surface area (Å²) in [5.41, 5.74) is 0. The summed E-state index contributed by atoms with van der Waals surface area (Å²) in [6.45, 7) is 4.79. The van der Waals surface area contributed by atoms with Gasteiger partial charge in [0.25, 0.3) is 0 Å². The third kappa shape index (κ3) is 2.88. The van der Waals surface area contributed by atoms with Crippen molar-refractivity contribution in [3.8, 4) is 0 Å². The van der Waals surface area contributed by atoms with Crippen LogP contribution in [0.5, 0.6) is 0 Å². The van der Waals surface area contributed by atoms with E-state index in [0.717, 1.165) is 30.6 Å². The number of rotatable bonds is 4. The van der Waals surface area contributed by atoms with E-state index in [-0.39, 0.29) is 0 Å². The Kier molecular flexibility index (Phi) is 4.53. The molecule has 2 bridgehead atoms. The first-order valence-electron chi connectivity index (χ1n) is 7.93. The Hall–Kier alpha value is 0.270. The predicted octanol–water partition coefficient (Wildman–Crippen LogP) is 2.73. The number of hydrogen-bond donors (Lipinski definition) is 1. The monoisotopic (exact) mass is 268 g/mol. The Morgan fingerprint density at radius 2 is 1.94 bits per heavy atom. The number of hydrogen-bond acceptors (Lipinski definition) is 3. The van der Waals surface area contributed by atoms with E-state index < -0.39 is 0 Å². The van der Waals surface area contributed by atoms with Gasteiger partial charge in [-0.1, -0.05) is 13.3 Å². The molecular formula is C15H28N2S. The highest BCUT2D eigenvalue weighted by molar-refractivity contribution is 7.99. The highest BCUT2D eigenvalue weighted by Gasteiger charge is 2.38. The molecule has 0 aromatic carbocycles. The molecule has 18 heavy (non-hydrogen) atoms. The molecule has 0 aliphatic carbocycles. The van der Waals surface area contributed by atoms with E-state index in [2.05, 4.69) is 28.9 Å². The zero-order valence-electron chi connectivity index (χ0n) is 11.7. The Bertz CT molecular complexity index is 251. The maximum Gasteiger partial charge on any atom is 0.0113 e. The van der Waals surface area contributed by atoms with Crippen LogP contribution >= 0.6 is 11.8 Å². The molecule has 0 radical (unpaired) electrons. The maximum atomic E-state index is 3.70. The van der Waals surface area contributed by atoms with Crippen molar-refractivity contribution in [1.29, 1.82) is 0 Å². The molecule has 0 saturated carbocycles. The van der Waals surface area contributed by atoms with Crippen LogP contribution in [0.15, 0.2) is 0 Å². The fraction of sp³-hybridized carbons (Fsp3) is 1.00. The summed E-state index contributed by atoms with van der Waals surface area (Å²) in [6, 6.07) is 2.60. The average Bonchev–Trinajstić information content (AvgIpc) is 2.83. The first kappa shape index (κ1) is 13.3. The van der Waals surface area contributed by atoms with Gasteiger partial charge in [0.05, 0.1) is 0 Å². The molecule has 3 heteroatoms. The molecular weight excluding hydrogens is 240 g/mol. The summed E-state index contributed by atoms with van der Waals surface area (Å²) in [5, 5.41) is 3.70. The third-order valence-electron chi connectivity index (χ3n) is 5.11. The van der Waals surface area contributed by atoms with Crippen LogP contribution < -0.4 is 5.32 Å². The van der Waals surface area contributed by atoms with E-state index in [4.69, 9.17) is 0 Å². The van der Waals surface area contributed by atoms with Gasteiger partial charge in [-0.05, 0) is 56.1 Å². The van der Waals surface area contributed by atoms with Crippen LogP contribution in [0.3, 0.4) is 0 Å². The zero-order chi connectivity index (χ0) is 12.4. The van der Waals surface area contributed by atoms with Gasteiger partial charge in [0, 0.05) is 24.7 Å². The lowest BCUT2D eigenvalue weighted by Gasteiger charge is -2.50. The molecule has 0 spiro atoms. The van der Waals surface area contributed by atoms with Gasteiger partial charge in [-0.3, -0.25) is 4.90 Å². The summed E-state index contributed by atoms with van der Waals surface area (Å²) in [6.07, 6.45) is 8.67. The van der Waals surface area contributed by atoms with Gasteiger partial charge in [0.15, 0.2) is 0 Å². The van der Waals surface area contributed by atoms with Gasteiger partial charge in [-0.15, -0.1) is 0 Å². The second-order valence-electron chi connectivity index (χ2n) is 6.39. The van der Waals surface area contributed by atoms with Crippen LogP contribution in [-0.2, 0) is 0 Å². The highest BCUT2D eigenvalue weighted by Crippen LogP contribution is 2.36. The minimum atomic E-state index is 0.805. The van der Waals surface area contributed by atoms with Gasteiger partial charge in [0.2, 0.25) is 0 Å².